The summed E-state index contributed by atoms with van der Waals surface area (Å²) in [6.07, 6.45) is 2.46. The molecule has 76 valence electrons. The Morgan fingerprint density at radius 3 is 3.00 bits per heavy atom. The predicted molar refractivity (Wildman–Crippen MR) is 66.6 cm³/mol. The minimum absolute atomic E-state index is 1.12. The second-order valence-electron chi connectivity index (χ2n) is 3.91. The van der Waals surface area contributed by atoms with Crippen molar-refractivity contribution in [1.29, 1.82) is 0 Å². The van der Waals surface area contributed by atoms with Crippen LogP contribution in [-0.2, 0) is 6.42 Å². The number of thiophene rings is 1. The molecule has 0 saturated heterocycles. The van der Waals surface area contributed by atoms with Crippen LogP contribution in [0.5, 0.6) is 0 Å². The van der Waals surface area contributed by atoms with Crippen LogP contribution in [0.4, 0.5) is 5.69 Å². The Hall–Kier alpha value is -1.28. The summed E-state index contributed by atoms with van der Waals surface area (Å²) in [5, 5.41) is 7.78. The van der Waals surface area contributed by atoms with Crippen molar-refractivity contribution in [2.45, 2.75) is 12.8 Å². The van der Waals surface area contributed by atoms with Gasteiger partial charge in [0.05, 0.1) is 0 Å². The molecule has 0 aliphatic carbocycles. The minimum atomic E-state index is 1.12. The molecule has 15 heavy (non-hydrogen) atoms. The maximum atomic E-state index is 3.44. The molecule has 0 unspecified atom stereocenters. The van der Waals surface area contributed by atoms with Gasteiger partial charge in [0.15, 0.2) is 0 Å². The highest BCUT2D eigenvalue weighted by Crippen LogP contribution is 2.29. The predicted octanol–water partition coefficient (Wildman–Crippen LogP) is 3.77. The van der Waals surface area contributed by atoms with Crippen molar-refractivity contribution in [2.75, 3.05) is 11.9 Å². The molecule has 2 heteroatoms. The molecular formula is C13H13NS. The summed E-state index contributed by atoms with van der Waals surface area (Å²) >= 11 is 1.76. The summed E-state index contributed by atoms with van der Waals surface area (Å²) in [5.41, 5.74) is 5.47. The third-order valence-electron chi connectivity index (χ3n) is 2.90. The van der Waals surface area contributed by atoms with Gasteiger partial charge in [0.1, 0.15) is 0 Å². The molecule has 0 atom stereocenters. The Bertz CT molecular complexity index is 459. The van der Waals surface area contributed by atoms with Crippen molar-refractivity contribution in [3.05, 3.63) is 40.6 Å². The monoisotopic (exact) mass is 215 g/mol. The summed E-state index contributed by atoms with van der Waals surface area (Å²) in [4.78, 5) is 0. The Labute approximate surface area is 93.8 Å². The van der Waals surface area contributed by atoms with E-state index in [2.05, 4.69) is 40.3 Å². The first-order valence-corrected chi connectivity index (χ1v) is 6.27. The average molecular weight is 215 g/mol. The fourth-order valence-corrected chi connectivity index (χ4v) is 2.75. The highest BCUT2D eigenvalue weighted by Gasteiger charge is 2.09. The van der Waals surface area contributed by atoms with Crippen LogP contribution in [0.3, 0.4) is 0 Å². The number of hydrogen-bond donors (Lipinski definition) is 1. The molecule has 0 bridgehead atoms. The van der Waals surface area contributed by atoms with Crippen LogP contribution >= 0.6 is 11.3 Å². The van der Waals surface area contributed by atoms with Crippen LogP contribution < -0.4 is 5.32 Å². The van der Waals surface area contributed by atoms with Crippen molar-refractivity contribution < 1.29 is 0 Å². The van der Waals surface area contributed by atoms with E-state index >= 15 is 0 Å². The summed E-state index contributed by atoms with van der Waals surface area (Å²) < 4.78 is 0. The van der Waals surface area contributed by atoms with Gasteiger partial charge >= 0.3 is 0 Å². The van der Waals surface area contributed by atoms with E-state index in [9.17, 15) is 0 Å². The van der Waals surface area contributed by atoms with E-state index in [1.54, 1.807) is 11.3 Å². The minimum Gasteiger partial charge on any atom is -0.385 e. The molecule has 1 aliphatic rings. The third-order valence-corrected chi connectivity index (χ3v) is 3.58. The van der Waals surface area contributed by atoms with Gasteiger partial charge in [-0.1, -0.05) is 6.07 Å². The second-order valence-corrected chi connectivity index (χ2v) is 4.69. The summed E-state index contributed by atoms with van der Waals surface area (Å²) in [5.74, 6) is 0. The van der Waals surface area contributed by atoms with E-state index in [0.717, 1.165) is 6.54 Å². The fourth-order valence-electron chi connectivity index (χ4n) is 2.08. The van der Waals surface area contributed by atoms with Gasteiger partial charge in [-0.2, -0.15) is 11.3 Å². The normalized spacial score (nSPS) is 14.4. The molecule has 1 nitrogen and oxygen atoms in total. The van der Waals surface area contributed by atoms with Crippen molar-refractivity contribution in [3.8, 4) is 11.1 Å². The standard InChI is InChI=1S/C13H13NS/c1-2-11-8-10(12-5-7-15-9-12)3-4-13(11)14-6-1/h3-5,7-9,14H,1-2,6H2. The Morgan fingerprint density at radius 2 is 2.13 bits per heavy atom. The van der Waals surface area contributed by atoms with Crippen LogP contribution in [0.2, 0.25) is 0 Å². The van der Waals surface area contributed by atoms with E-state index in [0.29, 0.717) is 0 Å². The first-order valence-electron chi connectivity index (χ1n) is 5.33. The van der Waals surface area contributed by atoms with Crippen LogP contribution in [0.25, 0.3) is 11.1 Å². The number of aryl methyl sites for hydroxylation is 1. The van der Waals surface area contributed by atoms with Crippen molar-refractivity contribution >= 4 is 17.0 Å². The molecule has 3 rings (SSSR count). The highest BCUT2D eigenvalue weighted by molar-refractivity contribution is 7.08. The molecular weight excluding hydrogens is 202 g/mol. The van der Waals surface area contributed by atoms with Gasteiger partial charge in [-0.15, -0.1) is 0 Å². The zero-order valence-corrected chi connectivity index (χ0v) is 9.31. The van der Waals surface area contributed by atoms with Gasteiger partial charge in [-0.3, -0.25) is 0 Å². The number of anilines is 1. The molecule has 0 fully saturated rings. The van der Waals surface area contributed by atoms with Gasteiger partial charge in [0.2, 0.25) is 0 Å². The molecule has 0 spiro atoms. The van der Waals surface area contributed by atoms with E-state index in [1.807, 2.05) is 0 Å². The summed E-state index contributed by atoms with van der Waals surface area (Å²) in [6, 6.07) is 8.92. The smallest absolute Gasteiger partial charge is 0.0373 e. The number of rotatable bonds is 1. The molecule has 2 heterocycles. The Morgan fingerprint density at radius 1 is 1.13 bits per heavy atom. The van der Waals surface area contributed by atoms with E-state index in [4.69, 9.17) is 0 Å². The number of fused-ring (bicyclic) bond motifs is 1. The molecule has 1 aliphatic heterocycles. The van der Waals surface area contributed by atoms with Crippen molar-refractivity contribution in [2.24, 2.45) is 0 Å². The summed E-state index contributed by atoms with van der Waals surface area (Å²) in [6.45, 7) is 1.12. The maximum absolute atomic E-state index is 3.44. The highest BCUT2D eigenvalue weighted by atomic mass is 32.1. The molecule has 1 N–H and O–H groups in total. The molecule has 2 aromatic rings. The summed E-state index contributed by atoms with van der Waals surface area (Å²) in [7, 11) is 0. The van der Waals surface area contributed by atoms with Crippen LogP contribution in [0.1, 0.15) is 12.0 Å². The van der Waals surface area contributed by atoms with Crippen molar-refractivity contribution in [1.82, 2.24) is 0 Å². The lowest BCUT2D eigenvalue weighted by Crippen LogP contribution is -2.11. The Kier molecular flexibility index (Phi) is 2.22. The first kappa shape index (κ1) is 8.98. The van der Waals surface area contributed by atoms with Crippen molar-refractivity contribution in [3.63, 3.8) is 0 Å². The average Bonchev–Trinajstić information content (AvgIpc) is 2.82. The van der Waals surface area contributed by atoms with Gasteiger partial charge in [-0.25, -0.2) is 0 Å². The lowest BCUT2D eigenvalue weighted by Gasteiger charge is -2.18. The lowest BCUT2D eigenvalue weighted by molar-refractivity contribution is 0.830. The number of nitrogens with one attached hydrogen (secondary N) is 1. The second kappa shape index (κ2) is 3.70. The SMILES string of the molecule is c1cc(-c2ccc3c(c2)CCCN3)cs1. The molecule has 0 amide bonds. The molecule has 0 radical (unpaired) electrons. The van der Waals surface area contributed by atoms with E-state index < -0.39 is 0 Å². The number of benzene rings is 1. The first-order chi connectivity index (χ1) is 7.43. The van der Waals surface area contributed by atoms with Gasteiger partial charge in [-0.05, 0) is 58.5 Å². The molecule has 0 saturated carbocycles. The zero-order chi connectivity index (χ0) is 10.1. The largest absolute Gasteiger partial charge is 0.385 e. The zero-order valence-electron chi connectivity index (χ0n) is 8.49. The fraction of sp³-hybridized carbons (Fsp3) is 0.231. The topological polar surface area (TPSA) is 12.0 Å². The quantitative estimate of drug-likeness (QED) is 0.763. The van der Waals surface area contributed by atoms with E-state index in [-0.39, 0.29) is 0 Å². The lowest BCUT2D eigenvalue weighted by atomic mass is 9.99. The van der Waals surface area contributed by atoms with E-state index in [1.165, 1.54) is 35.2 Å². The van der Waals surface area contributed by atoms with Crippen LogP contribution in [0, 0.1) is 0 Å². The molecule has 1 aromatic carbocycles. The third kappa shape index (κ3) is 1.65. The van der Waals surface area contributed by atoms with Gasteiger partial charge in [0.25, 0.3) is 0 Å². The molecule has 1 aromatic heterocycles. The maximum Gasteiger partial charge on any atom is 0.0373 e. The van der Waals surface area contributed by atoms with Crippen LogP contribution in [0.15, 0.2) is 35.0 Å². The Balaban J connectivity index is 2.04. The number of hydrogen-bond acceptors (Lipinski definition) is 2. The van der Waals surface area contributed by atoms with Gasteiger partial charge < -0.3 is 5.32 Å². The van der Waals surface area contributed by atoms with Gasteiger partial charge in [0, 0.05) is 12.2 Å². The van der Waals surface area contributed by atoms with Crippen LogP contribution in [-0.4, -0.2) is 6.54 Å².